The van der Waals surface area contributed by atoms with E-state index in [0.29, 0.717) is 12.8 Å². The first-order chi connectivity index (χ1) is 7.08. The first kappa shape index (κ1) is 12.1. The lowest BCUT2D eigenvalue weighted by atomic mass is 10.1. The van der Waals surface area contributed by atoms with Crippen LogP contribution >= 0.6 is 15.9 Å². The third-order valence-electron chi connectivity index (χ3n) is 1.99. The molecule has 1 heterocycles. The van der Waals surface area contributed by atoms with E-state index in [0.717, 1.165) is 10.2 Å². The van der Waals surface area contributed by atoms with Crippen molar-refractivity contribution in [3.8, 4) is 0 Å². The fourth-order valence-corrected chi connectivity index (χ4v) is 1.44. The number of carboxylic acid groups (broad SMARTS) is 1. The molecule has 0 fully saturated rings. The molecule has 82 valence electrons. The van der Waals surface area contributed by atoms with Gasteiger partial charge in [0, 0.05) is 35.2 Å². The molecule has 0 amide bonds. The van der Waals surface area contributed by atoms with Crippen molar-refractivity contribution in [1.29, 1.82) is 0 Å². The highest BCUT2D eigenvalue weighted by Gasteiger charge is 2.07. The van der Waals surface area contributed by atoms with Crippen molar-refractivity contribution in [2.75, 3.05) is 0 Å². The number of hydrogen-bond acceptors (Lipinski definition) is 3. The van der Waals surface area contributed by atoms with E-state index in [4.69, 9.17) is 10.8 Å². The Hall–Kier alpha value is -0.940. The summed E-state index contributed by atoms with van der Waals surface area (Å²) >= 11 is 3.29. The van der Waals surface area contributed by atoms with Crippen LogP contribution in [-0.4, -0.2) is 22.1 Å². The second-order valence-electron chi connectivity index (χ2n) is 3.36. The maximum absolute atomic E-state index is 10.3. The lowest BCUT2D eigenvalue weighted by molar-refractivity contribution is -0.137. The van der Waals surface area contributed by atoms with Gasteiger partial charge in [0.2, 0.25) is 0 Å². The summed E-state index contributed by atoms with van der Waals surface area (Å²) in [6, 6.07) is 3.63. The van der Waals surface area contributed by atoms with Crippen LogP contribution in [0.25, 0.3) is 0 Å². The monoisotopic (exact) mass is 272 g/mol. The van der Waals surface area contributed by atoms with Gasteiger partial charge < -0.3 is 10.8 Å². The number of aromatic nitrogens is 1. The van der Waals surface area contributed by atoms with Crippen LogP contribution in [-0.2, 0) is 11.2 Å². The Labute approximate surface area is 96.6 Å². The number of carboxylic acids is 1. The fraction of sp³-hybridized carbons (Fsp3) is 0.400. The first-order valence-electron chi connectivity index (χ1n) is 4.65. The Bertz CT molecular complexity index is 327. The van der Waals surface area contributed by atoms with E-state index in [1.165, 1.54) is 0 Å². The predicted octanol–water partition coefficient (Wildman–Crippen LogP) is 1.58. The van der Waals surface area contributed by atoms with Gasteiger partial charge >= 0.3 is 5.97 Å². The third kappa shape index (κ3) is 4.90. The molecule has 0 saturated carbocycles. The average molecular weight is 273 g/mol. The molecule has 0 aliphatic heterocycles. The van der Waals surface area contributed by atoms with Crippen molar-refractivity contribution in [3.05, 3.63) is 28.5 Å². The van der Waals surface area contributed by atoms with E-state index < -0.39 is 5.97 Å². The summed E-state index contributed by atoms with van der Waals surface area (Å²) < 4.78 is 0.922. The molecular weight excluding hydrogens is 260 g/mol. The van der Waals surface area contributed by atoms with Crippen LogP contribution in [0.2, 0.25) is 0 Å². The molecule has 1 rings (SSSR count). The van der Waals surface area contributed by atoms with E-state index in [-0.39, 0.29) is 12.5 Å². The molecule has 5 heteroatoms. The highest BCUT2D eigenvalue weighted by molar-refractivity contribution is 9.10. The van der Waals surface area contributed by atoms with Gasteiger partial charge in [0.1, 0.15) is 0 Å². The Morgan fingerprint density at radius 2 is 2.33 bits per heavy atom. The largest absolute Gasteiger partial charge is 0.481 e. The topological polar surface area (TPSA) is 76.2 Å². The highest BCUT2D eigenvalue weighted by Crippen LogP contribution is 2.09. The number of rotatable bonds is 5. The molecule has 15 heavy (non-hydrogen) atoms. The maximum atomic E-state index is 10.3. The lowest BCUT2D eigenvalue weighted by Gasteiger charge is -2.09. The Morgan fingerprint density at radius 3 is 2.87 bits per heavy atom. The van der Waals surface area contributed by atoms with Gasteiger partial charge in [-0.2, -0.15) is 0 Å². The minimum Gasteiger partial charge on any atom is -0.481 e. The standard InChI is InChI=1S/C10H13BrN2O2/c11-7-1-3-9(13-6-7)5-8(12)2-4-10(14)15/h1,3,6,8H,2,4-5,12H2,(H,14,15). The summed E-state index contributed by atoms with van der Waals surface area (Å²) in [5.41, 5.74) is 6.66. The molecule has 0 aliphatic rings. The summed E-state index contributed by atoms with van der Waals surface area (Å²) in [6.45, 7) is 0. The van der Waals surface area contributed by atoms with Crippen LogP contribution in [0.1, 0.15) is 18.5 Å². The molecule has 0 radical (unpaired) electrons. The molecular formula is C10H13BrN2O2. The summed E-state index contributed by atoms with van der Waals surface area (Å²) in [7, 11) is 0. The molecule has 1 atom stereocenters. The molecule has 4 nitrogen and oxygen atoms in total. The molecule has 3 N–H and O–H groups in total. The van der Waals surface area contributed by atoms with E-state index in [9.17, 15) is 4.79 Å². The Kier molecular flexibility index (Phi) is 4.71. The minimum absolute atomic E-state index is 0.109. The third-order valence-corrected chi connectivity index (χ3v) is 2.46. The van der Waals surface area contributed by atoms with Crippen molar-refractivity contribution >= 4 is 21.9 Å². The molecule has 1 aromatic heterocycles. The van der Waals surface area contributed by atoms with Gasteiger partial charge in [-0.05, 0) is 34.5 Å². The summed E-state index contributed by atoms with van der Waals surface area (Å²) in [4.78, 5) is 14.5. The van der Waals surface area contributed by atoms with Crippen LogP contribution in [0.15, 0.2) is 22.8 Å². The van der Waals surface area contributed by atoms with E-state index in [2.05, 4.69) is 20.9 Å². The lowest BCUT2D eigenvalue weighted by Crippen LogP contribution is -2.24. The Balaban J connectivity index is 2.40. The molecule has 0 bridgehead atoms. The van der Waals surface area contributed by atoms with Gasteiger partial charge in [-0.1, -0.05) is 0 Å². The summed E-state index contributed by atoms with van der Waals surface area (Å²) in [6.07, 6.45) is 2.91. The van der Waals surface area contributed by atoms with E-state index in [1.807, 2.05) is 12.1 Å². The highest BCUT2D eigenvalue weighted by atomic mass is 79.9. The van der Waals surface area contributed by atoms with Gasteiger partial charge in [-0.3, -0.25) is 9.78 Å². The van der Waals surface area contributed by atoms with Crippen molar-refractivity contribution in [1.82, 2.24) is 4.98 Å². The molecule has 1 aromatic rings. The second-order valence-corrected chi connectivity index (χ2v) is 4.28. The normalized spacial score (nSPS) is 12.4. The van der Waals surface area contributed by atoms with Crippen molar-refractivity contribution < 1.29 is 9.90 Å². The van der Waals surface area contributed by atoms with Crippen LogP contribution in [0.5, 0.6) is 0 Å². The molecule has 0 saturated heterocycles. The van der Waals surface area contributed by atoms with Crippen LogP contribution in [0.4, 0.5) is 0 Å². The number of carbonyl (C=O) groups is 1. The molecule has 0 aliphatic carbocycles. The van der Waals surface area contributed by atoms with Crippen molar-refractivity contribution in [2.45, 2.75) is 25.3 Å². The average Bonchev–Trinajstić information content (AvgIpc) is 2.19. The zero-order valence-corrected chi connectivity index (χ0v) is 9.77. The van der Waals surface area contributed by atoms with Gasteiger partial charge in [0.05, 0.1) is 0 Å². The van der Waals surface area contributed by atoms with Crippen molar-refractivity contribution in [3.63, 3.8) is 0 Å². The summed E-state index contributed by atoms with van der Waals surface area (Å²) in [5, 5.41) is 8.49. The quantitative estimate of drug-likeness (QED) is 0.853. The second kappa shape index (κ2) is 5.82. The predicted molar refractivity (Wildman–Crippen MR) is 60.5 cm³/mol. The summed E-state index contributed by atoms with van der Waals surface area (Å²) in [5.74, 6) is -0.811. The zero-order valence-electron chi connectivity index (χ0n) is 8.19. The number of nitrogens with zero attached hydrogens (tertiary/aromatic N) is 1. The van der Waals surface area contributed by atoms with Crippen LogP contribution in [0.3, 0.4) is 0 Å². The first-order valence-corrected chi connectivity index (χ1v) is 5.45. The van der Waals surface area contributed by atoms with Gasteiger partial charge in [0.15, 0.2) is 0 Å². The minimum atomic E-state index is -0.811. The molecule has 0 aromatic carbocycles. The fourth-order valence-electron chi connectivity index (χ4n) is 1.21. The zero-order chi connectivity index (χ0) is 11.3. The molecule has 0 spiro atoms. The van der Waals surface area contributed by atoms with Crippen molar-refractivity contribution in [2.24, 2.45) is 5.73 Å². The van der Waals surface area contributed by atoms with Gasteiger partial charge in [-0.25, -0.2) is 0 Å². The number of halogens is 1. The number of hydrogen-bond donors (Lipinski definition) is 2. The van der Waals surface area contributed by atoms with E-state index >= 15 is 0 Å². The van der Waals surface area contributed by atoms with Gasteiger partial charge in [-0.15, -0.1) is 0 Å². The Morgan fingerprint density at radius 1 is 1.60 bits per heavy atom. The number of nitrogens with two attached hydrogens (primary N) is 1. The number of aliphatic carboxylic acids is 1. The van der Waals surface area contributed by atoms with Crippen LogP contribution < -0.4 is 5.73 Å². The molecule has 1 unspecified atom stereocenters. The SMILES string of the molecule is NC(CCC(=O)O)Cc1ccc(Br)cn1. The van der Waals surface area contributed by atoms with Gasteiger partial charge in [0.25, 0.3) is 0 Å². The maximum Gasteiger partial charge on any atom is 0.303 e. The smallest absolute Gasteiger partial charge is 0.303 e. The van der Waals surface area contributed by atoms with E-state index in [1.54, 1.807) is 6.20 Å². The number of pyridine rings is 1. The van der Waals surface area contributed by atoms with Crippen LogP contribution in [0, 0.1) is 0 Å².